The maximum Gasteiger partial charge on any atom is 0.257 e. The summed E-state index contributed by atoms with van der Waals surface area (Å²) < 4.78 is 18.7. The third-order valence-electron chi connectivity index (χ3n) is 4.56. The van der Waals surface area contributed by atoms with Crippen molar-refractivity contribution in [2.45, 2.75) is 53.0 Å². The molecule has 0 saturated carbocycles. The van der Waals surface area contributed by atoms with E-state index in [0.717, 1.165) is 24.8 Å². The Bertz CT molecular complexity index is 784. The maximum absolute atomic E-state index is 13.2. The van der Waals surface area contributed by atoms with Gasteiger partial charge in [0.2, 0.25) is 5.91 Å². The molecule has 1 N–H and O–H groups in total. The van der Waals surface area contributed by atoms with E-state index in [2.05, 4.69) is 12.2 Å². The van der Waals surface area contributed by atoms with Gasteiger partial charge in [0.1, 0.15) is 17.3 Å². The molecule has 2 aromatic rings. The number of nitrogens with zero attached hydrogens (tertiary/aromatic N) is 1. The molecule has 0 fully saturated rings. The minimum absolute atomic E-state index is 0.0758. The lowest BCUT2D eigenvalue weighted by Crippen LogP contribution is -2.35. The minimum atomic E-state index is -0.325. The van der Waals surface area contributed by atoms with Crippen LogP contribution in [-0.4, -0.2) is 29.8 Å². The molecule has 0 saturated heterocycles. The summed E-state index contributed by atoms with van der Waals surface area (Å²) in [7, 11) is 0. The first-order chi connectivity index (χ1) is 13.4. The van der Waals surface area contributed by atoms with E-state index in [-0.39, 0.29) is 30.6 Å². The van der Waals surface area contributed by atoms with Gasteiger partial charge in [-0.05, 0) is 44.0 Å². The van der Waals surface area contributed by atoms with Crippen molar-refractivity contribution in [3.63, 3.8) is 0 Å². The first-order valence-electron chi connectivity index (χ1n) is 9.78. The first-order valence-corrected chi connectivity index (χ1v) is 9.78. The van der Waals surface area contributed by atoms with Crippen molar-refractivity contribution in [1.82, 2.24) is 10.2 Å². The molecule has 0 bridgehead atoms. The predicted octanol–water partition coefficient (Wildman–Crippen LogP) is 4.37. The Kier molecular flexibility index (Phi) is 8.23. The van der Waals surface area contributed by atoms with Gasteiger partial charge in [0, 0.05) is 26.1 Å². The van der Waals surface area contributed by atoms with E-state index in [1.165, 1.54) is 12.1 Å². The smallest absolute Gasteiger partial charge is 0.257 e. The van der Waals surface area contributed by atoms with Gasteiger partial charge in [0.15, 0.2) is 0 Å². The van der Waals surface area contributed by atoms with Gasteiger partial charge in [-0.25, -0.2) is 4.39 Å². The summed E-state index contributed by atoms with van der Waals surface area (Å²) >= 11 is 0. The maximum atomic E-state index is 13.2. The molecule has 1 heterocycles. The van der Waals surface area contributed by atoms with E-state index in [0.29, 0.717) is 30.2 Å². The van der Waals surface area contributed by atoms with Crippen LogP contribution in [0, 0.1) is 19.7 Å². The Morgan fingerprint density at radius 1 is 1.14 bits per heavy atom. The molecule has 0 spiro atoms. The second-order valence-electron chi connectivity index (χ2n) is 6.99. The number of benzene rings is 1. The molecular formula is C22H29FN2O3. The molecule has 0 radical (unpaired) electrons. The van der Waals surface area contributed by atoms with Crippen LogP contribution in [-0.2, 0) is 11.3 Å². The lowest BCUT2D eigenvalue weighted by atomic mass is 10.1. The molecule has 0 unspecified atom stereocenters. The number of unbranched alkanes of at least 4 members (excludes halogenated alkanes) is 2. The highest BCUT2D eigenvalue weighted by Gasteiger charge is 2.21. The third-order valence-corrected chi connectivity index (χ3v) is 4.56. The van der Waals surface area contributed by atoms with Gasteiger partial charge in [-0.3, -0.25) is 9.59 Å². The molecule has 1 aromatic carbocycles. The molecule has 0 aliphatic heterocycles. The summed E-state index contributed by atoms with van der Waals surface area (Å²) in [4.78, 5) is 26.8. The van der Waals surface area contributed by atoms with Gasteiger partial charge in [-0.2, -0.15) is 0 Å². The molecule has 28 heavy (non-hydrogen) atoms. The van der Waals surface area contributed by atoms with Gasteiger partial charge in [-0.15, -0.1) is 0 Å². The Hall–Kier alpha value is -2.63. The van der Waals surface area contributed by atoms with Crippen molar-refractivity contribution in [3.8, 4) is 0 Å². The van der Waals surface area contributed by atoms with Crippen LogP contribution < -0.4 is 5.32 Å². The van der Waals surface area contributed by atoms with E-state index in [9.17, 15) is 14.0 Å². The van der Waals surface area contributed by atoms with Crippen LogP contribution in [0.5, 0.6) is 0 Å². The molecular weight excluding hydrogens is 359 g/mol. The Morgan fingerprint density at radius 3 is 2.46 bits per heavy atom. The molecule has 6 heteroatoms. The molecule has 2 amide bonds. The van der Waals surface area contributed by atoms with Crippen molar-refractivity contribution < 1.29 is 18.4 Å². The highest BCUT2D eigenvalue weighted by Crippen LogP contribution is 2.18. The molecule has 152 valence electrons. The topological polar surface area (TPSA) is 62.6 Å². The Balaban J connectivity index is 2.05. The van der Waals surface area contributed by atoms with Gasteiger partial charge in [0.05, 0.1) is 5.56 Å². The zero-order chi connectivity index (χ0) is 20.5. The Morgan fingerprint density at radius 2 is 1.86 bits per heavy atom. The average molecular weight is 388 g/mol. The van der Waals surface area contributed by atoms with Crippen molar-refractivity contribution >= 4 is 11.8 Å². The fraction of sp³-hybridized carbons (Fsp3) is 0.455. The quantitative estimate of drug-likeness (QED) is 0.615. The molecule has 2 rings (SSSR count). The van der Waals surface area contributed by atoms with Crippen LogP contribution >= 0.6 is 0 Å². The van der Waals surface area contributed by atoms with Crippen molar-refractivity contribution in [3.05, 3.63) is 58.8 Å². The van der Waals surface area contributed by atoms with Crippen molar-refractivity contribution in [1.29, 1.82) is 0 Å². The highest BCUT2D eigenvalue weighted by atomic mass is 19.1. The van der Waals surface area contributed by atoms with E-state index in [4.69, 9.17) is 4.42 Å². The standard InChI is InChI=1S/C22H29FN2O3/c1-4-5-6-12-24-21(26)11-13-25(15-18-7-9-19(23)10-8-18)22(27)20-14-16(2)28-17(20)3/h7-10,14H,4-6,11-13,15H2,1-3H3,(H,24,26). The fourth-order valence-electron chi connectivity index (χ4n) is 3.00. The predicted molar refractivity (Wildman–Crippen MR) is 106 cm³/mol. The number of hydrogen-bond donors (Lipinski definition) is 1. The van der Waals surface area contributed by atoms with E-state index < -0.39 is 0 Å². The van der Waals surface area contributed by atoms with Crippen LogP contribution in [0.1, 0.15) is 60.0 Å². The highest BCUT2D eigenvalue weighted by molar-refractivity contribution is 5.95. The number of furan rings is 1. The zero-order valence-electron chi connectivity index (χ0n) is 16.9. The number of halogens is 1. The number of carbonyl (C=O) groups excluding carboxylic acids is 2. The summed E-state index contributed by atoms with van der Waals surface area (Å²) in [6.45, 7) is 6.87. The second kappa shape index (κ2) is 10.6. The first kappa shape index (κ1) is 21.7. The molecule has 0 atom stereocenters. The van der Waals surface area contributed by atoms with Crippen LogP contribution in [0.4, 0.5) is 4.39 Å². The normalized spacial score (nSPS) is 10.7. The number of rotatable bonds is 10. The van der Waals surface area contributed by atoms with Crippen LogP contribution in [0.15, 0.2) is 34.7 Å². The van der Waals surface area contributed by atoms with Crippen LogP contribution in [0.3, 0.4) is 0 Å². The number of amides is 2. The SMILES string of the molecule is CCCCCNC(=O)CCN(Cc1ccc(F)cc1)C(=O)c1cc(C)oc1C. The third kappa shape index (κ3) is 6.51. The largest absolute Gasteiger partial charge is 0.466 e. The lowest BCUT2D eigenvalue weighted by molar-refractivity contribution is -0.121. The molecule has 1 aromatic heterocycles. The second-order valence-corrected chi connectivity index (χ2v) is 6.99. The summed E-state index contributed by atoms with van der Waals surface area (Å²) in [5, 5.41) is 2.89. The zero-order valence-corrected chi connectivity index (χ0v) is 16.9. The van der Waals surface area contributed by atoms with Gasteiger partial charge >= 0.3 is 0 Å². The van der Waals surface area contributed by atoms with E-state index >= 15 is 0 Å². The van der Waals surface area contributed by atoms with E-state index in [1.807, 2.05) is 0 Å². The summed E-state index contributed by atoms with van der Waals surface area (Å²) in [5.41, 5.74) is 1.29. The van der Waals surface area contributed by atoms with Crippen molar-refractivity contribution in [2.24, 2.45) is 0 Å². The summed E-state index contributed by atoms with van der Waals surface area (Å²) in [6.07, 6.45) is 3.34. The van der Waals surface area contributed by atoms with Gasteiger partial charge < -0.3 is 14.6 Å². The van der Waals surface area contributed by atoms with Gasteiger partial charge in [0.25, 0.3) is 5.91 Å². The van der Waals surface area contributed by atoms with Crippen molar-refractivity contribution in [2.75, 3.05) is 13.1 Å². The number of aryl methyl sites for hydroxylation is 2. The average Bonchev–Trinajstić information content (AvgIpc) is 3.01. The van der Waals surface area contributed by atoms with Gasteiger partial charge in [-0.1, -0.05) is 31.9 Å². The monoisotopic (exact) mass is 388 g/mol. The van der Waals surface area contributed by atoms with Crippen LogP contribution in [0.25, 0.3) is 0 Å². The summed E-state index contributed by atoms with van der Waals surface area (Å²) in [5.74, 6) is 0.617. The Labute approximate surface area is 165 Å². The van der Waals surface area contributed by atoms with Crippen LogP contribution in [0.2, 0.25) is 0 Å². The summed E-state index contributed by atoms with van der Waals surface area (Å²) in [6, 6.07) is 7.74. The molecule has 0 aliphatic carbocycles. The number of hydrogen-bond acceptors (Lipinski definition) is 3. The molecule has 0 aliphatic rings. The van der Waals surface area contributed by atoms with E-state index in [1.54, 1.807) is 36.9 Å². The number of nitrogens with one attached hydrogen (secondary N) is 1. The minimum Gasteiger partial charge on any atom is -0.466 e. The lowest BCUT2D eigenvalue weighted by Gasteiger charge is -2.22. The number of carbonyl (C=O) groups is 2. The molecule has 5 nitrogen and oxygen atoms in total. The fourth-order valence-corrected chi connectivity index (χ4v) is 3.00.